The number of ether oxygens (including phenoxy) is 1. The van der Waals surface area contributed by atoms with Gasteiger partial charge in [-0.1, -0.05) is 0 Å². The number of hydrogen-bond donors (Lipinski definition) is 4. The Balaban J connectivity index is 4.14. The number of carbonyl (C=O) groups excluding carboxylic acids is 1. The Morgan fingerprint density at radius 2 is 1.94 bits per heavy atom. The van der Waals surface area contributed by atoms with Gasteiger partial charge < -0.3 is 26.9 Å². The second-order valence-electron chi connectivity index (χ2n) is 4.10. The fraction of sp³-hybridized carbons (Fsp3) is 0.556. The highest BCUT2D eigenvalue weighted by atomic mass is 79.9. The van der Waals surface area contributed by atoms with Crippen molar-refractivity contribution in [2.24, 2.45) is 11.5 Å². The zero-order valence-corrected chi connectivity index (χ0v) is 11.1. The normalized spacial score (nSPS) is 10.5. The number of carbonyl (C=O) groups is 1. The van der Waals surface area contributed by atoms with Crippen LogP contribution in [-0.2, 0) is 4.74 Å². The van der Waals surface area contributed by atoms with Crippen molar-refractivity contribution in [2.75, 3.05) is 6.54 Å². The third kappa shape index (κ3) is 6.28. The molecule has 0 aliphatic rings. The summed E-state index contributed by atoms with van der Waals surface area (Å²) in [6, 6.07) is 0. The van der Waals surface area contributed by atoms with Gasteiger partial charge in [-0.25, -0.2) is 4.79 Å². The first-order valence-electron chi connectivity index (χ1n) is 4.59. The first-order chi connectivity index (χ1) is 7.13. The second-order valence-corrected chi connectivity index (χ2v) is 4.90. The summed E-state index contributed by atoms with van der Waals surface area (Å²) in [7, 11) is 0. The van der Waals surface area contributed by atoms with Crippen LogP contribution in [-0.4, -0.2) is 24.0 Å². The predicted octanol–water partition coefficient (Wildman–Crippen LogP) is 1.01. The van der Waals surface area contributed by atoms with E-state index in [-0.39, 0.29) is 22.6 Å². The largest absolute Gasteiger partial charge is 0.444 e. The molecule has 0 unspecified atom stereocenters. The van der Waals surface area contributed by atoms with Crippen LogP contribution in [0.2, 0.25) is 0 Å². The van der Waals surface area contributed by atoms with Gasteiger partial charge in [0.25, 0.3) is 0 Å². The summed E-state index contributed by atoms with van der Waals surface area (Å²) in [5, 5.41) is 9.93. The van der Waals surface area contributed by atoms with Crippen molar-refractivity contribution < 1.29 is 9.53 Å². The van der Waals surface area contributed by atoms with Gasteiger partial charge in [0.2, 0.25) is 0 Å². The van der Waals surface area contributed by atoms with Crippen molar-refractivity contribution in [1.29, 1.82) is 5.41 Å². The molecular weight excluding hydrogens is 276 g/mol. The summed E-state index contributed by atoms with van der Waals surface area (Å²) in [5.74, 6) is -0.00371. The third-order valence-electron chi connectivity index (χ3n) is 1.33. The summed E-state index contributed by atoms with van der Waals surface area (Å²) in [5.41, 5.74) is 10.1. The van der Waals surface area contributed by atoms with Gasteiger partial charge in [-0.15, -0.1) is 0 Å². The van der Waals surface area contributed by atoms with E-state index < -0.39 is 11.7 Å². The highest BCUT2D eigenvalue weighted by Gasteiger charge is 2.16. The smallest absolute Gasteiger partial charge is 0.407 e. The third-order valence-corrected chi connectivity index (χ3v) is 2.26. The molecule has 0 fully saturated rings. The highest BCUT2D eigenvalue weighted by Crippen LogP contribution is 2.08. The van der Waals surface area contributed by atoms with Crippen molar-refractivity contribution >= 4 is 27.7 Å². The lowest BCUT2D eigenvalue weighted by atomic mass is 10.2. The van der Waals surface area contributed by atoms with Crippen LogP contribution in [0.25, 0.3) is 0 Å². The number of nitrogens with two attached hydrogens (primary N) is 2. The zero-order valence-electron chi connectivity index (χ0n) is 9.56. The fourth-order valence-electron chi connectivity index (χ4n) is 0.727. The van der Waals surface area contributed by atoms with Gasteiger partial charge >= 0.3 is 6.09 Å². The summed E-state index contributed by atoms with van der Waals surface area (Å²) in [4.78, 5) is 11.2. The lowest BCUT2D eigenvalue weighted by Gasteiger charge is -2.19. The van der Waals surface area contributed by atoms with Crippen LogP contribution in [0, 0.1) is 5.41 Å². The number of alkyl carbamates (subject to hydrolysis) is 1. The molecule has 0 aromatic heterocycles. The van der Waals surface area contributed by atoms with E-state index in [0.29, 0.717) is 0 Å². The average Bonchev–Trinajstić information content (AvgIpc) is 2.09. The van der Waals surface area contributed by atoms with Crippen LogP contribution in [0.3, 0.4) is 0 Å². The number of rotatable bonds is 3. The first kappa shape index (κ1) is 14.8. The van der Waals surface area contributed by atoms with Crippen LogP contribution in [0.5, 0.6) is 0 Å². The van der Waals surface area contributed by atoms with Crippen molar-refractivity contribution in [3.05, 3.63) is 10.3 Å². The van der Waals surface area contributed by atoms with Crippen molar-refractivity contribution in [2.45, 2.75) is 26.4 Å². The molecule has 0 aromatic rings. The van der Waals surface area contributed by atoms with Crippen LogP contribution in [0.1, 0.15) is 20.8 Å². The number of halogens is 1. The first-order valence-corrected chi connectivity index (χ1v) is 5.38. The SMILES string of the molecule is CC(C)(C)OC(=O)NCC(=N)C(Br)=C(N)N. The molecule has 0 heterocycles. The van der Waals surface area contributed by atoms with Gasteiger partial charge in [-0.3, -0.25) is 0 Å². The summed E-state index contributed by atoms with van der Waals surface area (Å²) >= 11 is 3.03. The molecule has 0 aliphatic heterocycles. The molecule has 7 heteroatoms. The van der Waals surface area contributed by atoms with E-state index in [9.17, 15) is 4.79 Å². The van der Waals surface area contributed by atoms with Crippen LogP contribution < -0.4 is 16.8 Å². The Morgan fingerprint density at radius 1 is 1.44 bits per heavy atom. The molecule has 0 spiro atoms. The molecule has 0 rings (SSSR count). The van der Waals surface area contributed by atoms with Crippen LogP contribution in [0.4, 0.5) is 4.79 Å². The van der Waals surface area contributed by atoms with Gasteiger partial charge in [0.15, 0.2) is 0 Å². The molecule has 0 aromatic carbocycles. The molecule has 6 nitrogen and oxygen atoms in total. The van der Waals surface area contributed by atoms with Crippen molar-refractivity contribution in [3.63, 3.8) is 0 Å². The van der Waals surface area contributed by atoms with E-state index in [2.05, 4.69) is 21.2 Å². The minimum absolute atomic E-state index is 0.00371. The monoisotopic (exact) mass is 292 g/mol. The lowest BCUT2D eigenvalue weighted by Crippen LogP contribution is -2.35. The molecule has 1 amide bonds. The van der Waals surface area contributed by atoms with Gasteiger partial charge in [0, 0.05) is 0 Å². The van der Waals surface area contributed by atoms with E-state index in [1.54, 1.807) is 20.8 Å². The Hall–Kier alpha value is -1.24. The van der Waals surface area contributed by atoms with E-state index in [1.807, 2.05) is 0 Å². The number of amides is 1. The molecule has 0 atom stereocenters. The zero-order chi connectivity index (χ0) is 12.9. The Kier molecular flexibility index (Phi) is 5.29. The van der Waals surface area contributed by atoms with Crippen LogP contribution in [0.15, 0.2) is 10.3 Å². The van der Waals surface area contributed by atoms with E-state index in [0.717, 1.165) is 0 Å². The van der Waals surface area contributed by atoms with Gasteiger partial charge in [-0.05, 0) is 36.7 Å². The van der Waals surface area contributed by atoms with E-state index >= 15 is 0 Å². The fourth-order valence-corrected chi connectivity index (χ4v) is 0.867. The summed E-state index contributed by atoms with van der Waals surface area (Å²) < 4.78 is 5.25. The number of hydrogen-bond acceptors (Lipinski definition) is 5. The van der Waals surface area contributed by atoms with E-state index in [4.69, 9.17) is 21.6 Å². The molecule has 0 saturated carbocycles. The average molecular weight is 293 g/mol. The molecule has 0 saturated heterocycles. The maximum Gasteiger partial charge on any atom is 0.407 e. The summed E-state index contributed by atoms with van der Waals surface area (Å²) in [6.07, 6.45) is -0.590. The van der Waals surface area contributed by atoms with Crippen molar-refractivity contribution in [1.82, 2.24) is 5.32 Å². The Bertz CT molecular complexity index is 316. The molecule has 92 valence electrons. The predicted molar refractivity (Wildman–Crippen MR) is 66.3 cm³/mol. The Labute approximate surface area is 103 Å². The lowest BCUT2D eigenvalue weighted by molar-refractivity contribution is 0.0536. The van der Waals surface area contributed by atoms with Crippen LogP contribution >= 0.6 is 15.9 Å². The Morgan fingerprint density at radius 3 is 2.31 bits per heavy atom. The standard InChI is InChI=1S/C9H17BrN4O2/c1-9(2,3)16-8(15)14-4-5(11)6(10)7(12)13/h11H,4,12-13H2,1-3H3,(H,14,15). The summed E-state index contributed by atoms with van der Waals surface area (Å²) in [6.45, 7) is 5.26. The van der Waals surface area contributed by atoms with Gasteiger partial charge in [0.1, 0.15) is 11.4 Å². The molecular formula is C9H17BrN4O2. The minimum atomic E-state index is -0.590. The molecule has 0 aliphatic carbocycles. The van der Waals surface area contributed by atoms with E-state index in [1.165, 1.54) is 0 Å². The highest BCUT2D eigenvalue weighted by molar-refractivity contribution is 9.12. The maximum atomic E-state index is 11.2. The quantitative estimate of drug-likeness (QED) is 0.581. The van der Waals surface area contributed by atoms with Gasteiger partial charge in [-0.2, -0.15) is 0 Å². The molecule has 0 bridgehead atoms. The molecule has 16 heavy (non-hydrogen) atoms. The van der Waals surface area contributed by atoms with Gasteiger partial charge in [0.05, 0.1) is 16.7 Å². The maximum absolute atomic E-state index is 11.2. The molecule has 0 radical (unpaired) electrons. The molecule has 6 N–H and O–H groups in total. The second kappa shape index (κ2) is 5.74. The topological polar surface area (TPSA) is 114 Å². The number of nitrogens with one attached hydrogen (secondary N) is 2. The van der Waals surface area contributed by atoms with Crippen molar-refractivity contribution in [3.8, 4) is 0 Å². The minimum Gasteiger partial charge on any atom is -0.444 e.